The van der Waals surface area contributed by atoms with Crippen molar-refractivity contribution >= 4 is 0 Å². The van der Waals surface area contributed by atoms with Gasteiger partial charge in [-0.25, -0.2) is 0 Å². The molecule has 2 heterocycles. The summed E-state index contributed by atoms with van der Waals surface area (Å²) in [4.78, 5) is 0. The van der Waals surface area contributed by atoms with Crippen LogP contribution in [-0.4, -0.2) is 25.3 Å². The van der Waals surface area contributed by atoms with Gasteiger partial charge in [0.2, 0.25) is 0 Å². The summed E-state index contributed by atoms with van der Waals surface area (Å²) in [5, 5.41) is 3.37. The highest BCUT2D eigenvalue weighted by Gasteiger charge is 2.35. The van der Waals surface area contributed by atoms with Crippen LogP contribution in [0.3, 0.4) is 0 Å². The van der Waals surface area contributed by atoms with Gasteiger partial charge < -0.3 is 10.1 Å². The summed E-state index contributed by atoms with van der Waals surface area (Å²) >= 11 is 0. The maximum absolute atomic E-state index is 5.91. The Balaban J connectivity index is 2.16. The van der Waals surface area contributed by atoms with Crippen LogP contribution in [0.1, 0.15) is 26.2 Å². The molecule has 1 saturated heterocycles. The van der Waals surface area contributed by atoms with Gasteiger partial charge in [-0.15, -0.1) is 0 Å². The Labute approximate surface area is 74.0 Å². The van der Waals surface area contributed by atoms with Crippen LogP contribution in [-0.2, 0) is 4.74 Å². The molecule has 0 aromatic rings. The highest BCUT2D eigenvalue weighted by atomic mass is 16.5. The van der Waals surface area contributed by atoms with Gasteiger partial charge in [-0.2, -0.15) is 0 Å². The van der Waals surface area contributed by atoms with E-state index in [4.69, 9.17) is 4.74 Å². The molecule has 2 nitrogen and oxygen atoms in total. The van der Waals surface area contributed by atoms with E-state index in [1.165, 1.54) is 5.57 Å². The van der Waals surface area contributed by atoms with Crippen LogP contribution in [0.4, 0.5) is 0 Å². The Kier molecular flexibility index (Phi) is 2.20. The summed E-state index contributed by atoms with van der Waals surface area (Å²) in [5.74, 6) is 0. The van der Waals surface area contributed by atoms with Crippen LogP contribution < -0.4 is 5.32 Å². The van der Waals surface area contributed by atoms with E-state index >= 15 is 0 Å². The minimum Gasteiger partial charge on any atom is -0.370 e. The average Bonchev–Trinajstić information content (AvgIpc) is 2.12. The quantitative estimate of drug-likeness (QED) is 0.552. The van der Waals surface area contributed by atoms with Gasteiger partial charge in [-0.1, -0.05) is 6.08 Å². The highest BCUT2D eigenvalue weighted by Crippen LogP contribution is 2.33. The molecular formula is C10H17NO. The van der Waals surface area contributed by atoms with E-state index in [-0.39, 0.29) is 5.60 Å². The lowest BCUT2D eigenvalue weighted by Gasteiger charge is -2.40. The molecule has 0 saturated carbocycles. The van der Waals surface area contributed by atoms with Crippen LogP contribution in [0.5, 0.6) is 0 Å². The first-order valence-corrected chi connectivity index (χ1v) is 4.85. The maximum Gasteiger partial charge on any atom is 0.0913 e. The van der Waals surface area contributed by atoms with Gasteiger partial charge in [0, 0.05) is 0 Å². The Morgan fingerprint density at radius 3 is 2.83 bits per heavy atom. The molecule has 1 fully saturated rings. The molecule has 0 radical (unpaired) electrons. The molecule has 2 aliphatic heterocycles. The molecule has 68 valence electrons. The van der Waals surface area contributed by atoms with Crippen molar-refractivity contribution in [3.63, 3.8) is 0 Å². The number of ether oxygens (including phenoxy) is 1. The zero-order chi connectivity index (χ0) is 8.44. The molecule has 1 spiro atoms. The van der Waals surface area contributed by atoms with E-state index in [0.29, 0.717) is 0 Å². The third kappa shape index (κ3) is 1.29. The molecule has 0 unspecified atom stereocenters. The second-order valence-corrected chi connectivity index (χ2v) is 3.77. The fourth-order valence-corrected chi connectivity index (χ4v) is 2.20. The summed E-state index contributed by atoms with van der Waals surface area (Å²) in [7, 11) is 0. The third-order valence-electron chi connectivity index (χ3n) is 3.08. The zero-order valence-corrected chi connectivity index (χ0v) is 7.73. The molecule has 1 N–H and O–H groups in total. The van der Waals surface area contributed by atoms with E-state index in [0.717, 1.165) is 39.0 Å². The van der Waals surface area contributed by atoms with Gasteiger partial charge in [0.1, 0.15) is 0 Å². The van der Waals surface area contributed by atoms with Crippen LogP contribution in [0.25, 0.3) is 0 Å². The lowest BCUT2D eigenvalue weighted by Crippen LogP contribution is -2.46. The third-order valence-corrected chi connectivity index (χ3v) is 3.08. The first-order chi connectivity index (χ1) is 5.83. The van der Waals surface area contributed by atoms with Crippen LogP contribution in [0.15, 0.2) is 11.6 Å². The monoisotopic (exact) mass is 167 g/mol. The van der Waals surface area contributed by atoms with Crippen LogP contribution in [0.2, 0.25) is 0 Å². The standard InChI is InChI=1S/C10H17NO/c1-9-3-2-8-12-10(9)4-6-11-7-5-10/h3,11H,2,4-8H2,1H3. The minimum atomic E-state index is 0.115. The fourth-order valence-electron chi connectivity index (χ4n) is 2.20. The Bertz CT molecular complexity index is 192. The normalized spacial score (nSPS) is 28.6. The largest absolute Gasteiger partial charge is 0.370 e. The molecule has 0 aromatic heterocycles. The SMILES string of the molecule is CC1=CCCOC12CCNCC2. The van der Waals surface area contributed by atoms with Crippen LogP contribution in [0, 0.1) is 0 Å². The second-order valence-electron chi connectivity index (χ2n) is 3.77. The highest BCUT2D eigenvalue weighted by molar-refractivity contribution is 5.18. The molecule has 12 heavy (non-hydrogen) atoms. The minimum absolute atomic E-state index is 0.115. The predicted octanol–water partition coefficient (Wildman–Crippen LogP) is 1.48. The van der Waals surface area contributed by atoms with Crippen molar-refractivity contribution in [3.05, 3.63) is 11.6 Å². The molecule has 0 atom stereocenters. The topological polar surface area (TPSA) is 21.3 Å². The van der Waals surface area contributed by atoms with E-state index < -0.39 is 0 Å². The predicted molar refractivity (Wildman–Crippen MR) is 49.2 cm³/mol. The number of piperidine rings is 1. The van der Waals surface area contributed by atoms with Gasteiger partial charge in [-0.05, 0) is 44.8 Å². The van der Waals surface area contributed by atoms with Gasteiger partial charge in [0.25, 0.3) is 0 Å². The fraction of sp³-hybridized carbons (Fsp3) is 0.800. The van der Waals surface area contributed by atoms with Crippen molar-refractivity contribution in [3.8, 4) is 0 Å². The zero-order valence-electron chi connectivity index (χ0n) is 7.73. The van der Waals surface area contributed by atoms with E-state index in [9.17, 15) is 0 Å². The number of hydrogen-bond donors (Lipinski definition) is 1. The summed E-state index contributed by atoms with van der Waals surface area (Å²) in [5.41, 5.74) is 1.57. The number of nitrogens with one attached hydrogen (secondary N) is 1. The first-order valence-electron chi connectivity index (χ1n) is 4.85. The Morgan fingerprint density at radius 2 is 2.17 bits per heavy atom. The van der Waals surface area contributed by atoms with Gasteiger partial charge in [0.15, 0.2) is 0 Å². The van der Waals surface area contributed by atoms with Crippen molar-refractivity contribution in [1.82, 2.24) is 5.32 Å². The van der Waals surface area contributed by atoms with Crippen molar-refractivity contribution in [1.29, 1.82) is 0 Å². The smallest absolute Gasteiger partial charge is 0.0913 e. The Morgan fingerprint density at radius 1 is 1.42 bits per heavy atom. The van der Waals surface area contributed by atoms with E-state index in [1.807, 2.05) is 0 Å². The molecule has 0 amide bonds. The van der Waals surface area contributed by atoms with Gasteiger partial charge in [-0.3, -0.25) is 0 Å². The molecule has 0 aliphatic carbocycles. The van der Waals surface area contributed by atoms with Gasteiger partial charge >= 0.3 is 0 Å². The molecule has 0 aromatic carbocycles. The van der Waals surface area contributed by atoms with Crippen molar-refractivity contribution in [2.75, 3.05) is 19.7 Å². The summed E-state index contributed by atoms with van der Waals surface area (Å²) in [6.45, 7) is 5.33. The average molecular weight is 167 g/mol. The van der Waals surface area contributed by atoms with E-state index in [2.05, 4.69) is 18.3 Å². The van der Waals surface area contributed by atoms with E-state index in [1.54, 1.807) is 0 Å². The van der Waals surface area contributed by atoms with Crippen molar-refractivity contribution < 1.29 is 4.74 Å². The summed E-state index contributed by atoms with van der Waals surface area (Å²) in [6.07, 6.45) is 5.74. The molecule has 2 heteroatoms. The number of rotatable bonds is 0. The molecule has 2 rings (SSSR count). The lowest BCUT2D eigenvalue weighted by molar-refractivity contribution is -0.0438. The van der Waals surface area contributed by atoms with Crippen molar-refractivity contribution in [2.45, 2.75) is 31.8 Å². The van der Waals surface area contributed by atoms with Crippen LogP contribution >= 0.6 is 0 Å². The summed E-state index contributed by atoms with van der Waals surface area (Å²) < 4.78 is 5.91. The second kappa shape index (κ2) is 3.19. The molecular weight excluding hydrogens is 150 g/mol. The van der Waals surface area contributed by atoms with Crippen molar-refractivity contribution in [2.24, 2.45) is 0 Å². The summed E-state index contributed by atoms with van der Waals surface area (Å²) in [6, 6.07) is 0. The first kappa shape index (κ1) is 8.27. The van der Waals surface area contributed by atoms with Gasteiger partial charge in [0.05, 0.1) is 12.2 Å². The Hall–Kier alpha value is -0.340. The molecule has 2 aliphatic rings. The lowest BCUT2D eigenvalue weighted by atomic mass is 9.83. The molecule has 0 bridgehead atoms. The maximum atomic E-state index is 5.91. The number of hydrogen-bond acceptors (Lipinski definition) is 2.